The van der Waals surface area contributed by atoms with Gasteiger partial charge in [0.25, 0.3) is 5.91 Å². The zero-order valence-electron chi connectivity index (χ0n) is 16.9. The smallest absolute Gasteiger partial charge is 0.338 e. The zero-order chi connectivity index (χ0) is 20.8. The van der Waals surface area contributed by atoms with Crippen LogP contribution in [0.25, 0.3) is 0 Å². The Morgan fingerprint density at radius 2 is 1.44 bits per heavy atom. The fourth-order valence-corrected chi connectivity index (χ4v) is 3.34. The molecule has 0 aliphatic heterocycles. The van der Waals surface area contributed by atoms with Crippen molar-refractivity contribution in [1.29, 1.82) is 0 Å². The van der Waals surface area contributed by atoms with E-state index in [1.54, 1.807) is 4.90 Å². The maximum absolute atomic E-state index is 12.4. The Morgan fingerprint density at radius 1 is 0.963 bits per heavy atom. The first kappa shape index (κ1) is 23.1. The van der Waals surface area contributed by atoms with Crippen LogP contribution >= 0.6 is 0 Å². The first-order valence-electron chi connectivity index (χ1n) is 8.92. The maximum Gasteiger partial charge on any atom is 0.338 e. The summed E-state index contributed by atoms with van der Waals surface area (Å²) >= 11 is 0. The van der Waals surface area contributed by atoms with Crippen molar-refractivity contribution < 1.29 is 22.7 Å². The van der Waals surface area contributed by atoms with Crippen molar-refractivity contribution in [3.05, 3.63) is 29.8 Å². The highest BCUT2D eigenvalue weighted by atomic mass is 32.2. The lowest BCUT2D eigenvalue weighted by Gasteiger charge is -2.26. The van der Waals surface area contributed by atoms with Gasteiger partial charge in [-0.1, -0.05) is 27.7 Å². The Labute approximate surface area is 162 Å². The summed E-state index contributed by atoms with van der Waals surface area (Å²) in [6, 6.07) is 5.45. The summed E-state index contributed by atoms with van der Waals surface area (Å²) in [5.74, 6) is -0.270. The molecule has 0 atom stereocenters. The molecule has 0 aliphatic carbocycles. The van der Waals surface area contributed by atoms with Crippen LogP contribution in [-0.2, 0) is 19.6 Å². The second kappa shape index (κ2) is 9.85. The summed E-state index contributed by atoms with van der Waals surface area (Å²) in [5.41, 5.74) is 0.194. The van der Waals surface area contributed by atoms with Crippen LogP contribution in [0.15, 0.2) is 29.2 Å². The van der Waals surface area contributed by atoms with Crippen molar-refractivity contribution in [1.82, 2.24) is 9.21 Å². The molecule has 0 saturated carbocycles. The number of rotatable bonds is 9. The molecule has 1 aromatic rings. The van der Waals surface area contributed by atoms with E-state index in [2.05, 4.69) is 0 Å². The quantitative estimate of drug-likeness (QED) is 0.596. The summed E-state index contributed by atoms with van der Waals surface area (Å²) in [6.45, 7) is 8.96. The highest BCUT2D eigenvalue weighted by Gasteiger charge is 2.20. The van der Waals surface area contributed by atoms with Gasteiger partial charge in [-0.05, 0) is 36.1 Å². The third-order valence-electron chi connectivity index (χ3n) is 3.72. The second-order valence-corrected chi connectivity index (χ2v) is 9.63. The van der Waals surface area contributed by atoms with Gasteiger partial charge in [0.2, 0.25) is 10.0 Å². The third kappa shape index (κ3) is 6.95. The number of hydrogen-bond donors (Lipinski definition) is 0. The standard InChI is InChI=1S/C19H30N2O5S/c1-14(2)11-21(12-15(3)4)18(22)13-26-19(23)16-7-9-17(10-8-16)27(24,25)20(5)6/h7-10,14-15H,11-13H2,1-6H3. The molecule has 0 spiro atoms. The van der Waals surface area contributed by atoms with Gasteiger partial charge in [-0.2, -0.15) is 0 Å². The minimum Gasteiger partial charge on any atom is -0.452 e. The Kier molecular flexibility index (Phi) is 8.43. The molecular weight excluding hydrogens is 368 g/mol. The van der Waals surface area contributed by atoms with Gasteiger partial charge in [0.05, 0.1) is 10.5 Å². The minimum absolute atomic E-state index is 0.0835. The molecule has 7 nitrogen and oxygen atoms in total. The fraction of sp³-hybridized carbons (Fsp3) is 0.579. The van der Waals surface area contributed by atoms with E-state index in [9.17, 15) is 18.0 Å². The topological polar surface area (TPSA) is 84.0 Å². The SMILES string of the molecule is CC(C)CN(CC(C)C)C(=O)COC(=O)c1ccc(S(=O)(=O)N(C)C)cc1. The van der Waals surface area contributed by atoms with Crippen molar-refractivity contribution >= 4 is 21.9 Å². The molecule has 27 heavy (non-hydrogen) atoms. The molecule has 0 heterocycles. The molecular formula is C19H30N2O5S. The summed E-state index contributed by atoms with van der Waals surface area (Å²) in [7, 11) is -0.692. The van der Waals surface area contributed by atoms with Crippen LogP contribution in [0.5, 0.6) is 0 Å². The number of nitrogens with zero attached hydrogens (tertiary/aromatic N) is 2. The third-order valence-corrected chi connectivity index (χ3v) is 5.55. The molecule has 1 amide bonds. The Morgan fingerprint density at radius 3 is 1.85 bits per heavy atom. The van der Waals surface area contributed by atoms with Gasteiger partial charge >= 0.3 is 5.97 Å². The van der Waals surface area contributed by atoms with E-state index in [-0.39, 0.29) is 23.0 Å². The lowest BCUT2D eigenvalue weighted by atomic mass is 10.1. The van der Waals surface area contributed by atoms with Crippen LogP contribution in [0.2, 0.25) is 0 Å². The van der Waals surface area contributed by atoms with E-state index in [1.165, 1.54) is 38.4 Å². The number of carbonyl (C=O) groups is 2. The Bertz CT molecular complexity index is 730. The van der Waals surface area contributed by atoms with Gasteiger partial charge in [-0.15, -0.1) is 0 Å². The number of benzene rings is 1. The van der Waals surface area contributed by atoms with Crippen LogP contribution in [0, 0.1) is 11.8 Å². The zero-order valence-corrected chi connectivity index (χ0v) is 17.7. The summed E-state index contributed by atoms with van der Waals surface area (Å²) in [6.07, 6.45) is 0. The van der Waals surface area contributed by atoms with Crippen molar-refractivity contribution in [2.24, 2.45) is 11.8 Å². The first-order valence-corrected chi connectivity index (χ1v) is 10.4. The lowest BCUT2D eigenvalue weighted by Crippen LogP contribution is -2.39. The average Bonchev–Trinajstić information content (AvgIpc) is 2.57. The van der Waals surface area contributed by atoms with Crippen LogP contribution < -0.4 is 0 Å². The van der Waals surface area contributed by atoms with E-state index in [0.29, 0.717) is 24.9 Å². The van der Waals surface area contributed by atoms with Crippen LogP contribution in [0.4, 0.5) is 0 Å². The van der Waals surface area contributed by atoms with Gasteiger partial charge in [0.15, 0.2) is 6.61 Å². The largest absolute Gasteiger partial charge is 0.452 e. The average molecular weight is 399 g/mol. The maximum atomic E-state index is 12.4. The fourth-order valence-electron chi connectivity index (χ4n) is 2.44. The molecule has 0 aliphatic rings. The number of amides is 1. The van der Waals surface area contributed by atoms with Crippen molar-refractivity contribution in [3.63, 3.8) is 0 Å². The van der Waals surface area contributed by atoms with Gasteiger partial charge in [0, 0.05) is 27.2 Å². The molecule has 1 rings (SSSR count). The van der Waals surface area contributed by atoms with Gasteiger partial charge in [-0.25, -0.2) is 17.5 Å². The van der Waals surface area contributed by atoms with Crippen molar-refractivity contribution in [3.8, 4) is 0 Å². The number of ether oxygens (including phenoxy) is 1. The van der Waals surface area contributed by atoms with Crippen molar-refractivity contribution in [2.75, 3.05) is 33.8 Å². The summed E-state index contributed by atoms with van der Waals surface area (Å²) in [4.78, 5) is 26.3. The molecule has 152 valence electrons. The molecule has 0 fully saturated rings. The molecule has 0 N–H and O–H groups in total. The molecule has 0 unspecified atom stereocenters. The van der Waals surface area contributed by atoms with Crippen LogP contribution in [0.1, 0.15) is 38.1 Å². The van der Waals surface area contributed by atoms with Gasteiger partial charge in [0.1, 0.15) is 0 Å². The highest BCUT2D eigenvalue weighted by Crippen LogP contribution is 2.14. The molecule has 8 heteroatoms. The van der Waals surface area contributed by atoms with Crippen LogP contribution in [-0.4, -0.2) is 63.3 Å². The van der Waals surface area contributed by atoms with Crippen LogP contribution in [0.3, 0.4) is 0 Å². The van der Waals surface area contributed by atoms with E-state index in [4.69, 9.17) is 4.74 Å². The summed E-state index contributed by atoms with van der Waals surface area (Å²) < 4.78 is 30.3. The molecule has 0 bridgehead atoms. The Balaban J connectivity index is 2.74. The van der Waals surface area contributed by atoms with E-state index in [0.717, 1.165) is 4.31 Å². The number of carbonyl (C=O) groups excluding carboxylic acids is 2. The molecule has 0 saturated heterocycles. The number of hydrogen-bond acceptors (Lipinski definition) is 5. The van der Waals surface area contributed by atoms with E-state index >= 15 is 0 Å². The normalized spacial score (nSPS) is 11.9. The number of sulfonamides is 1. The predicted molar refractivity (Wildman–Crippen MR) is 104 cm³/mol. The highest BCUT2D eigenvalue weighted by molar-refractivity contribution is 7.89. The molecule has 0 radical (unpaired) electrons. The second-order valence-electron chi connectivity index (χ2n) is 7.47. The number of esters is 1. The molecule has 1 aromatic carbocycles. The monoisotopic (exact) mass is 398 g/mol. The predicted octanol–water partition coefficient (Wildman–Crippen LogP) is 2.23. The minimum atomic E-state index is -3.56. The lowest BCUT2D eigenvalue weighted by molar-refractivity contribution is -0.135. The summed E-state index contributed by atoms with van der Waals surface area (Å²) in [5, 5.41) is 0. The van der Waals surface area contributed by atoms with Crippen molar-refractivity contribution in [2.45, 2.75) is 32.6 Å². The van der Waals surface area contributed by atoms with E-state index < -0.39 is 16.0 Å². The van der Waals surface area contributed by atoms with Gasteiger partial charge in [-0.3, -0.25) is 4.79 Å². The first-order chi connectivity index (χ1) is 12.4. The van der Waals surface area contributed by atoms with E-state index in [1.807, 2.05) is 27.7 Å². The van der Waals surface area contributed by atoms with Gasteiger partial charge < -0.3 is 9.64 Å². The molecule has 0 aromatic heterocycles. The Hall–Kier alpha value is -1.93.